The molecule has 0 aliphatic heterocycles. The van der Waals surface area contributed by atoms with Crippen molar-refractivity contribution in [1.82, 2.24) is 0 Å². The Labute approximate surface area is 172 Å². The number of carbonyl (C=O) groups is 2. The highest BCUT2D eigenvalue weighted by molar-refractivity contribution is 5.90. The maximum Gasteiger partial charge on any atom is 0.460 e. The topological polar surface area (TPSA) is 63.6 Å². The summed E-state index contributed by atoms with van der Waals surface area (Å²) in [5.41, 5.74) is 0. The van der Waals surface area contributed by atoms with Gasteiger partial charge in [0.25, 0.3) is 0 Å². The normalized spacial score (nSPS) is 15.7. The lowest BCUT2D eigenvalue weighted by Gasteiger charge is -2.35. The fraction of sp³-hybridized carbons (Fsp3) is 0.778. The number of carbonyl (C=O) groups excluding carboxylic acids is 1. The molecule has 4 nitrogen and oxygen atoms in total. The highest BCUT2D eigenvalue weighted by atomic mass is 19.4. The molecule has 1 N–H and O–H groups in total. The number of carboxylic acids is 1. The Kier molecular flexibility index (Phi) is 10.4. The van der Waals surface area contributed by atoms with Gasteiger partial charge in [-0.25, -0.2) is 9.59 Å². The minimum atomic E-state index is -7.05. The van der Waals surface area contributed by atoms with Gasteiger partial charge in [-0.05, 0) is 12.3 Å². The van der Waals surface area contributed by atoms with E-state index >= 15 is 0 Å². The average Bonchev–Trinajstić information content (AvgIpc) is 2.61. The van der Waals surface area contributed by atoms with Crippen LogP contribution in [0.1, 0.15) is 52.4 Å². The zero-order chi connectivity index (χ0) is 24.7. The minimum absolute atomic E-state index is 0.248. The first kappa shape index (κ1) is 29.1. The second kappa shape index (κ2) is 11.1. The monoisotopic (exact) mass is 474 g/mol. The number of hydrogen-bond acceptors (Lipinski definition) is 3. The molecule has 0 amide bonds. The van der Waals surface area contributed by atoms with Crippen LogP contribution in [0.4, 0.5) is 39.5 Å². The van der Waals surface area contributed by atoms with Crippen molar-refractivity contribution in [3.8, 4) is 0 Å². The molecule has 0 radical (unpaired) electrons. The van der Waals surface area contributed by atoms with Crippen LogP contribution in [0.5, 0.6) is 0 Å². The van der Waals surface area contributed by atoms with Crippen LogP contribution in [0.2, 0.25) is 0 Å². The van der Waals surface area contributed by atoms with Crippen LogP contribution in [0.25, 0.3) is 0 Å². The van der Waals surface area contributed by atoms with Crippen molar-refractivity contribution in [3.05, 3.63) is 12.2 Å². The molecule has 0 bridgehead atoms. The first-order valence-corrected chi connectivity index (χ1v) is 9.24. The molecule has 0 aromatic heterocycles. The Balaban J connectivity index is 5.83. The second-order valence-electron chi connectivity index (χ2n) is 6.94. The van der Waals surface area contributed by atoms with E-state index in [9.17, 15) is 49.1 Å². The molecule has 2 unspecified atom stereocenters. The molecule has 0 fully saturated rings. The Hall–Kier alpha value is -1.95. The van der Waals surface area contributed by atoms with Gasteiger partial charge in [0, 0.05) is 12.2 Å². The number of rotatable bonds is 13. The van der Waals surface area contributed by atoms with Gasteiger partial charge in [0.2, 0.25) is 0 Å². The van der Waals surface area contributed by atoms with Gasteiger partial charge in [-0.15, -0.1) is 0 Å². The summed E-state index contributed by atoms with van der Waals surface area (Å²) in [5, 5.41) is 8.43. The molecular formula is C18H23F9O4. The molecule has 0 heterocycles. The van der Waals surface area contributed by atoms with Crippen LogP contribution in [-0.4, -0.2) is 47.1 Å². The van der Waals surface area contributed by atoms with Crippen LogP contribution in [0.3, 0.4) is 0 Å². The number of aliphatic carboxylic acids is 1. The number of hydrogen-bond donors (Lipinski definition) is 1. The zero-order valence-electron chi connectivity index (χ0n) is 16.6. The first-order chi connectivity index (χ1) is 13.9. The van der Waals surface area contributed by atoms with Crippen LogP contribution in [0, 0.1) is 5.92 Å². The number of alkyl halides is 9. The number of esters is 1. The zero-order valence-corrected chi connectivity index (χ0v) is 16.6. The van der Waals surface area contributed by atoms with Crippen molar-refractivity contribution in [2.75, 3.05) is 0 Å². The summed E-state index contributed by atoms with van der Waals surface area (Å²) in [5.74, 6) is -23.5. The number of halogens is 9. The van der Waals surface area contributed by atoms with Gasteiger partial charge in [-0.1, -0.05) is 39.5 Å². The second-order valence-corrected chi connectivity index (χ2v) is 6.94. The molecule has 0 aliphatic carbocycles. The highest BCUT2D eigenvalue weighted by Gasteiger charge is 2.81. The average molecular weight is 474 g/mol. The third-order valence-corrected chi connectivity index (χ3v) is 4.48. The van der Waals surface area contributed by atoms with E-state index in [0.717, 1.165) is 0 Å². The van der Waals surface area contributed by atoms with Gasteiger partial charge in [0.1, 0.15) is 6.10 Å². The largest absolute Gasteiger partial charge is 0.478 e. The van der Waals surface area contributed by atoms with Crippen LogP contribution in [-0.2, 0) is 14.3 Å². The lowest BCUT2D eigenvalue weighted by atomic mass is 9.89. The van der Waals surface area contributed by atoms with E-state index in [0.29, 0.717) is 25.7 Å². The standard InChI is InChI=1S/C18H23F9O4/c1-3-5-6-11(4-2)9-12(31-14(30)8-7-13(28)29)10-15(19,20)16(21,22)17(23,24)18(25,26)27/h7-8,11-12H,3-6,9-10H2,1-2H3,(H,28,29). The summed E-state index contributed by atoms with van der Waals surface area (Å²) in [6, 6.07) is 0. The Morgan fingerprint density at radius 3 is 1.90 bits per heavy atom. The number of unbranched alkanes of at least 4 members (excludes halogenated alkanes) is 1. The maximum atomic E-state index is 14.0. The summed E-state index contributed by atoms with van der Waals surface area (Å²) < 4.78 is 123. The predicted molar refractivity (Wildman–Crippen MR) is 90.1 cm³/mol. The van der Waals surface area contributed by atoms with E-state index in [4.69, 9.17) is 5.11 Å². The summed E-state index contributed by atoms with van der Waals surface area (Å²) in [4.78, 5) is 22.0. The van der Waals surface area contributed by atoms with Crippen LogP contribution in [0.15, 0.2) is 12.2 Å². The third-order valence-electron chi connectivity index (χ3n) is 4.48. The molecular weight excluding hydrogens is 451 g/mol. The van der Waals surface area contributed by atoms with E-state index in [-0.39, 0.29) is 12.2 Å². The molecule has 2 atom stereocenters. The first-order valence-electron chi connectivity index (χ1n) is 9.24. The van der Waals surface area contributed by atoms with E-state index in [1.807, 2.05) is 0 Å². The Morgan fingerprint density at radius 2 is 1.48 bits per heavy atom. The summed E-state index contributed by atoms with van der Waals surface area (Å²) in [6.45, 7) is 3.38. The molecule has 0 saturated heterocycles. The number of ether oxygens (including phenoxy) is 1. The van der Waals surface area contributed by atoms with Crippen LogP contribution < -0.4 is 0 Å². The van der Waals surface area contributed by atoms with E-state index in [1.165, 1.54) is 0 Å². The molecule has 31 heavy (non-hydrogen) atoms. The molecule has 0 spiro atoms. The van der Waals surface area contributed by atoms with Gasteiger partial charge < -0.3 is 9.84 Å². The molecule has 0 aromatic carbocycles. The Bertz CT molecular complexity index is 630. The van der Waals surface area contributed by atoms with E-state index in [1.54, 1.807) is 13.8 Å². The van der Waals surface area contributed by atoms with Crippen molar-refractivity contribution >= 4 is 11.9 Å². The predicted octanol–water partition coefficient (Wildman–Crippen LogP) is 6.00. The van der Waals surface area contributed by atoms with Crippen molar-refractivity contribution in [1.29, 1.82) is 0 Å². The van der Waals surface area contributed by atoms with Gasteiger partial charge in [0.05, 0.1) is 6.42 Å². The fourth-order valence-corrected chi connectivity index (χ4v) is 2.69. The van der Waals surface area contributed by atoms with Gasteiger partial charge >= 0.3 is 35.9 Å². The molecule has 0 saturated carbocycles. The van der Waals surface area contributed by atoms with Crippen molar-refractivity contribution in [2.24, 2.45) is 5.92 Å². The van der Waals surface area contributed by atoms with Gasteiger partial charge in [-0.2, -0.15) is 39.5 Å². The SMILES string of the molecule is CCCCC(CC)CC(CC(F)(F)C(F)(F)C(F)(F)C(F)(F)F)OC(=O)C=CC(=O)O. The molecule has 0 rings (SSSR count). The summed E-state index contributed by atoms with van der Waals surface area (Å²) >= 11 is 0. The van der Waals surface area contributed by atoms with Crippen molar-refractivity contribution in [3.63, 3.8) is 0 Å². The third kappa shape index (κ3) is 7.91. The molecule has 0 aliphatic rings. The summed E-state index contributed by atoms with van der Waals surface area (Å²) in [6.07, 6.45) is -9.56. The Morgan fingerprint density at radius 1 is 0.935 bits per heavy atom. The highest BCUT2D eigenvalue weighted by Crippen LogP contribution is 2.54. The van der Waals surface area contributed by atoms with E-state index < -0.39 is 60.7 Å². The fourth-order valence-electron chi connectivity index (χ4n) is 2.69. The lowest BCUT2D eigenvalue weighted by Crippen LogP contribution is -2.61. The maximum absolute atomic E-state index is 14.0. The van der Waals surface area contributed by atoms with Gasteiger partial charge in [-0.3, -0.25) is 0 Å². The van der Waals surface area contributed by atoms with Crippen molar-refractivity contribution in [2.45, 2.75) is 82.4 Å². The molecule has 182 valence electrons. The van der Waals surface area contributed by atoms with Crippen molar-refractivity contribution < 1.29 is 58.9 Å². The van der Waals surface area contributed by atoms with Crippen LogP contribution >= 0.6 is 0 Å². The van der Waals surface area contributed by atoms with E-state index in [2.05, 4.69) is 4.74 Å². The van der Waals surface area contributed by atoms with Gasteiger partial charge in [0.15, 0.2) is 0 Å². The molecule has 13 heteroatoms. The summed E-state index contributed by atoms with van der Waals surface area (Å²) in [7, 11) is 0. The number of carboxylic acid groups (broad SMARTS) is 1. The smallest absolute Gasteiger partial charge is 0.460 e. The lowest BCUT2D eigenvalue weighted by molar-refractivity contribution is -0.398. The quantitative estimate of drug-likeness (QED) is 0.202. The molecule has 0 aromatic rings. The minimum Gasteiger partial charge on any atom is -0.478 e.